The van der Waals surface area contributed by atoms with Gasteiger partial charge in [0.05, 0.1) is 6.61 Å². The predicted octanol–water partition coefficient (Wildman–Crippen LogP) is 4.00. The molecule has 0 heterocycles. The van der Waals surface area contributed by atoms with Crippen LogP contribution in [0.4, 0.5) is 0 Å². The van der Waals surface area contributed by atoms with Gasteiger partial charge < -0.3 is 5.11 Å². The highest BCUT2D eigenvalue weighted by Crippen LogP contribution is 2.34. The first kappa shape index (κ1) is 12.6. The van der Waals surface area contributed by atoms with Crippen molar-refractivity contribution in [1.82, 2.24) is 0 Å². The summed E-state index contributed by atoms with van der Waals surface area (Å²) >= 11 is 0. The van der Waals surface area contributed by atoms with Crippen LogP contribution in [0.25, 0.3) is 0 Å². The summed E-state index contributed by atoms with van der Waals surface area (Å²) in [4.78, 5) is 0. The summed E-state index contributed by atoms with van der Waals surface area (Å²) in [5.41, 5.74) is 2.62. The lowest BCUT2D eigenvalue weighted by atomic mass is 9.80. The molecule has 0 spiro atoms. The Kier molecular flexibility index (Phi) is 3.88. The first-order chi connectivity index (χ1) is 8.13. The maximum atomic E-state index is 9.45. The van der Waals surface area contributed by atoms with Crippen LogP contribution in [-0.2, 0) is 5.41 Å². The van der Waals surface area contributed by atoms with Crippen molar-refractivity contribution >= 4 is 0 Å². The topological polar surface area (TPSA) is 20.2 Å². The fraction of sp³-hybridized carbons (Fsp3) is 0.625. The van der Waals surface area contributed by atoms with Gasteiger partial charge in [-0.25, -0.2) is 0 Å². The zero-order chi connectivity index (χ0) is 12.3. The molecule has 2 rings (SSSR count). The van der Waals surface area contributed by atoms with Crippen LogP contribution in [0.15, 0.2) is 24.3 Å². The number of aliphatic hydroxyl groups excluding tert-OH is 1. The molecule has 1 N–H and O–H groups in total. The van der Waals surface area contributed by atoms with Gasteiger partial charge in [-0.15, -0.1) is 0 Å². The van der Waals surface area contributed by atoms with Crippen LogP contribution in [0.1, 0.15) is 63.0 Å². The lowest BCUT2D eigenvalue weighted by molar-refractivity contribution is 0.218. The van der Waals surface area contributed by atoms with Gasteiger partial charge >= 0.3 is 0 Å². The molecule has 94 valence electrons. The number of aliphatic hydroxyl groups is 1. The third-order valence-corrected chi connectivity index (χ3v) is 4.14. The third-order valence-electron chi connectivity index (χ3n) is 4.14. The molecule has 0 amide bonds. The fourth-order valence-electron chi connectivity index (χ4n) is 2.74. The van der Waals surface area contributed by atoms with E-state index in [1.54, 1.807) is 0 Å². The average molecular weight is 232 g/mol. The highest BCUT2D eigenvalue weighted by Gasteiger charge is 2.21. The van der Waals surface area contributed by atoms with Crippen molar-refractivity contribution < 1.29 is 5.11 Å². The van der Waals surface area contributed by atoms with E-state index >= 15 is 0 Å². The smallest absolute Gasteiger partial charge is 0.0522 e. The van der Waals surface area contributed by atoms with E-state index < -0.39 is 0 Å². The van der Waals surface area contributed by atoms with Crippen LogP contribution >= 0.6 is 0 Å². The molecule has 0 aliphatic heterocycles. The first-order valence-electron chi connectivity index (χ1n) is 6.85. The molecule has 0 saturated heterocycles. The molecule has 0 unspecified atom stereocenters. The van der Waals surface area contributed by atoms with Gasteiger partial charge in [0.15, 0.2) is 0 Å². The Labute approximate surface area is 105 Å². The lowest BCUT2D eigenvalue weighted by Gasteiger charge is -2.26. The highest BCUT2D eigenvalue weighted by molar-refractivity contribution is 5.31. The molecular weight excluding hydrogens is 208 g/mol. The summed E-state index contributed by atoms with van der Waals surface area (Å²) < 4.78 is 0. The van der Waals surface area contributed by atoms with Crippen molar-refractivity contribution in [2.45, 2.75) is 57.3 Å². The summed E-state index contributed by atoms with van der Waals surface area (Å²) in [5.74, 6) is 0.748. The molecule has 1 heteroatoms. The van der Waals surface area contributed by atoms with Gasteiger partial charge in [-0.1, -0.05) is 57.4 Å². The summed E-state index contributed by atoms with van der Waals surface area (Å²) in [6, 6.07) is 8.86. The highest BCUT2D eigenvalue weighted by atomic mass is 16.3. The van der Waals surface area contributed by atoms with Crippen LogP contribution in [-0.4, -0.2) is 11.7 Å². The molecule has 1 aliphatic carbocycles. The minimum Gasteiger partial charge on any atom is -0.395 e. The molecule has 17 heavy (non-hydrogen) atoms. The molecular formula is C16H24O. The van der Waals surface area contributed by atoms with E-state index in [1.807, 2.05) is 0 Å². The molecule has 1 saturated carbocycles. The van der Waals surface area contributed by atoms with Gasteiger partial charge in [-0.3, -0.25) is 0 Å². The Bertz CT molecular complexity index is 362. The van der Waals surface area contributed by atoms with Gasteiger partial charge in [0.25, 0.3) is 0 Å². The number of rotatable bonds is 3. The van der Waals surface area contributed by atoms with Crippen LogP contribution in [0.5, 0.6) is 0 Å². The van der Waals surface area contributed by atoms with E-state index in [1.165, 1.54) is 43.2 Å². The van der Waals surface area contributed by atoms with Gasteiger partial charge in [0.1, 0.15) is 0 Å². The lowest BCUT2D eigenvalue weighted by Crippen LogP contribution is -2.22. The Morgan fingerprint density at radius 2 is 1.88 bits per heavy atom. The Hall–Kier alpha value is -0.820. The van der Waals surface area contributed by atoms with Crippen molar-refractivity contribution in [1.29, 1.82) is 0 Å². The standard InChI is InChI=1S/C16H24O/c1-16(2,12-17)15-10-6-9-14(11-15)13-7-4-3-5-8-13/h6,9-11,13,17H,3-5,7-8,12H2,1-2H3. The summed E-state index contributed by atoms with van der Waals surface area (Å²) in [5, 5.41) is 9.45. The van der Waals surface area contributed by atoms with Crippen molar-refractivity contribution in [3.63, 3.8) is 0 Å². The van der Waals surface area contributed by atoms with E-state index in [9.17, 15) is 5.11 Å². The monoisotopic (exact) mass is 232 g/mol. The van der Waals surface area contributed by atoms with Gasteiger partial charge in [0.2, 0.25) is 0 Å². The number of benzene rings is 1. The second-order valence-corrected chi connectivity index (χ2v) is 6.00. The molecule has 0 bridgehead atoms. The number of hydrogen-bond donors (Lipinski definition) is 1. The molecule has 0 atom stereocenters. The van der Waals surface area contributed by atoms with Crippen molar-refractivity contribution in [3.05, 3.63) is 35.4 Å². The quantitative estimate of drug-likeness (QED) is 0.835. The summed E-state index contributed by atoms with van der Waals surface area (Å²) in [6.07, 6.45) is 6.82. The van der Waals surface area contributed by atoms with E-state index in [0.717, 1.165) is 5.92 Å². The Morgan fingerprint density at radius 1 is 1.18 bits per heavy atom. The van der Waals surface area contributed by atoms with Crippen molar-refractivity contribution in [2.24, 2.45) is 0 Å². The maximum absolute atomic E-state index is 9.45. The second-order valence-electron chi connectivity index (χ2n) is 6.00. The molecule has 0 aromatic heterocycles. The number of hydrogen-bond acceptors (Lipinski definition) is 1. The summed E-state index contributed by atoms with van der Waals surface area (Å²) in [6.45, 7) is 4.42. The van der Waals surface area contributed by atoms with E-state index in [0.29, 0.717) is 0 Å². The molecule has 1 aromatic carbocycles. The second kappa shape index (κ2) is 5.22. The van der Waals surface area contributed by atoms with Crippen LogP contribution in [0.3, 0.4) is 0 Å². The van der Waals surface area contributed by atoms with E-state index in [2.05, 4.69) is 38.1 Å². The molecule has 1 aliphatic rings. The van der Waals surface area contributed by atoms with Crippen LogP contribution in [0, 0.1) is 0 Å². The normalized spacial score (nSPS) is 18.3. The zero-order valence-electron chi connectivity index (χ0n) is 11.1. The van der Waals surface area contributed by atoms with Gasteiger partial charge in [-0.05, 0) is 29.9 Å². The van der Waals surface area contributed by atoms with E-state index in [-0.39, 0.29) is 12.0 Å². The summed E-state index contributed by atoms with van der Waals surface area (Å²) in [7, 11) is 0. The van der Waals surface area contributed by atoms with Crippen LogP contribution < -0.4 is 0 Å². The van der Waals surface area contributed by atoms with Gasteiger partial charge in [0, 0.05) is 5.41 Å². The maximum Gasteiger partial charge on any atom is 0.0522 e. The Morgan fingerprint density at radius 3 is 2.53 bits per heavy atom. The predicted molar refractivity (Wildman–Crippen MR) is 72.4 cm³/mol. The minimum atomic E-state index is -0.120. The van der Waals surface area contributed by atoms with E-state index in [4.69, 9.17) is 0 Å². The SMILES string of the molecule is CC(C)(CO)c1cccc(C2CCCCC2)c1. The van der Waals surface area contributed by atoms with Gasteiger partial charge in [-0.2, -0.15) is 0 Å². The first-order valence-corrected chi connectivity index (χ1v) is 6.85. The fourth-order valence-corrected chi connectivity index (χ4v) is 2.74. The zero-order valence-corrected chi connectivity index (χ0v) is 11.1. The van der Waals surface area contributed by atoms with Crippen LogP contribution in [0.2, 0.25) is 0 Å². The average Bonchev–Trinajstić information content (AvgIpc) is 2.40. The molecule has 1 nitrogen and oxygen atoms in total. The third kappa shape index (κ3) is 2.90. The molecule has 1 fully saturated rings. The minimum absolute atomic E-state index is 0.120. The van der Waals surface area contributed by atoms with Crippen molar-refractivity contribution in [3.8, 4) is 0 Å². The largest absolute Gasteiger partial charge is 0.395 e. The van der Waals surface area contributed by atoms with Crippen molar-refractivity contribution in [2.75, 3.05) is 6.61 Å². The Balaban J connectivity index is 2.21. The molecule has 1 aromatic rings. The molecule has 0 radical (unpaired) electrons.